The van der Waals surface area contributed by atoms with Crippen molar-refractivity contribution in [2.24, 2.45) is 5.41 Å². The summed E-state index contributed by atoms with van der Waals surface area (Å²) in [7, 11) is 1.50. The van der Waals surface area contributed by atoms with Gasteiger partial charge in [0, 0.05) is 26.6 Å². The van der Waals surface area contributed by atoms with Gasteiger partial charge in [-0.15, -0.1) is 11.3 Å². The molecule has 0 radical (unpaired) electrons. The third-order valence-electron chi connectivity index (χ3n) is 4.92. The molecule has 1 aromatic carbocycles. The van der Waals surface area contributed by atoms with Crippen molar-refractivity contribution in [1.82, 2.24) is 9.88 Å². The van der Waals surface area contributed by atoms with E-state index in [4.69, 9.17) is 4.74 Å². The summed E-state index contributed by atoms with van der Waals surface area (Å²) in [4.78, 5) is 30.5. The number of carboxylic acid groups (broad SMARTS) is 1. The molecule has 2 heterocycles. The van der Waals surface area contributed by atoms with Crippen molar-refractivity contribution in [1.29, 1.82) is 0 Å². The van der Waals surface area contributed by atoms with Gasteiger partial charge in [0.1, 0.15) is 5.41 Å². The molecule has 0 saturated carbocycles. The molecule has 3 rings (SSSR count). The molecule has 1 saturated heterocycles. The standard InChI is InChI=1S/C19H24N2O4S/c1-25-13-19(18(23)24)10-5-11-21(12-19)17(22)9-4-8-16-20-14-6-2-3-7-15(14)26-16/h2-3,6-7H,4-5,8-13H2,1H3,(H,23,24). The van der Waals surface area contributed by atoms with Crippen molar-refractivity contribution in [3.63, 3.8) is 0 Å². The summed E-state index contributed by atoms with van der Waals surface area (Å²) in [5.74, 6) is -0.862. The summed E-state index contributed by atoms with van der Waals surface area (Å²) >= 11 is 1.66. The molecule has 140 valence electrons. The first-order valence-corrected chi connectivity index (χ1v) is 9.70. The van der Waals surface area contributed by atoms with Gasteiger partial charge in [0.05, 0.1) is 21.8 Å². The molecular formula is C19H24N2O4S. The van der Waals surface area contributed by atoms with Gasteiger partial charge in [0.25, 0.3) is 0 Å². The van der Waals surface area contributed by atoms with Crippen LogP contribution in [0, 0.1) is 5.41 Å². The fraction of sp³-hybridized carbons (Fsp3) is 0.526. The Morgan fingerprint density at radius 3 is 2.92 bits per heavy atom. The van der Waals surface area contributed by atoms with Gasteiger partial charge < -0.3 is 14.7 Å². The smallest absolute Gasteiger partial charge is 0.313 e. The lowest BCUT2D eigenvalue weighted by atomic mass is 9.80. The molecule has 0 spiro atoms. The number of thiazole rings is 1. The van der Waals surface area contributed by atoms with E-state index in [-0.39, 0.29) is 19.1 Å². The lowest BCUT2D eigenvalue weighted by molar-refractivity contribution is -0.159. The Morgan fingerprint density at radius 2 is 2.19 bits per heavy atom. The summed E-state index contributed by atoms with van der Waals surface area (Å²) in [5, 5.41) is 10.6. The number of benzene rings is 1. The van der Waals surface area contributed by atoms with E-state index in [9.17, 15) is 14.7 Å². The quantitative estimate of drug-likeness (QED) is 0.804. The number of carboxylic acids is 1. The van der Waals surface area contributed by atoms with Crippen molar-refractivity contribution < 1.29 is 19.4 Å². The number of carbonyl (C=O) groups excluding carboxylic acids is 1. The molecule has 1 amide bonds. The van der Waals surface area contributed by atoms with Crippen LogP contribution in [0.4, 0.5) is 0 Å². The molecule has 1 atom stereocenters. The van der Waals surface area contributed by atoms with Gasteiger partial charge >= 0.3 is 5.97 Å². The molecule has 1 fully saturated rings. The number of fused-ring (bicyclic) bond motifs is 1. The largest absolute Gasteiger partial charge is 0.481 e. The number of nitrogens with zero attached hydrogens (tertiary/aromatic N) is 2. The van der Waals surface area contributed by atoms with Crippen LogP contribution >= 0.6 is 11.3 Å². The van der Waals surface area contributed by atoms with Crippen LogP contribution in [0.3, 0.4) is 0 Å². The highest BCUT2D eigenvalue weighted by Crippen LogP contribution is 2.31. The molecule has 26 heavy (non-hydrogen) atoms. The highest BCUT2D eigenvalue weighted by molar-refractivity contribution is 7.18. The highest BCUT2D eigenvalue weighted by Gasteiger charge is 2.43. The predicted molar refractivity (Wildman–Crippen MR) is 100 cm³/mol. The van der Waals surface area contributed by atoms with Crippen LogP contribution in [0.1, 0.15) is 30.7 Å². The Morgan fingerprint density at radius 1 is 1.38 bits per heavy atom. The second kappa shape index (κ2) is 8.14. The monoisotopic (exact) mass is 376 g/mol. The maximum Gasteiger partial charge on any atom is 0.313 e. The number of carbonyl (C=O) groups is 2. The van der Waals surface area contributed by atoms with Crippen LogP contribution in [0.25, 0.3) is 10.2 Å². The molecule has 1 aliphatic heterocycles. The summed E-state index contributed by atoms with van der Waals surface area (Å²) in [6.07, 6.45) is 3.14. The fourth-order valence-corrected chi connectivity index (χ4v) is 4.56. The molecule has 0 bridgehead atoms. The number of aryl methyl sites for hydroxylation is 1. The molecule has 0 aliphatic carbocycles. The zero-order valence-corrected chi connectivity index (χ0v) is 15.8. The van der Waals surface area contributed by atoms with E-state index in [1.165, 1.54) is 7.11 Å². The Bertz CT molecular complexity index is 754. The number of likely N-dealkylation sites (tertiary alicyclic amines) is 1. The number of para-hydroxylation sites is 1. The molecule has 1 N–H and O–H groups in total. The Balaban J connectivity index is 1.54. The topological polar surface area (TPSA) is 79.7 Å². The summed E-state index contributed by atoms with van der Waals surface area (Å²) in [6.45, 7) is 0.993. The van der Waals surface area contributed by atoms with Gasteiger partial charge in [0.2, 0.25) is 5.91 Å². The minimum absolute atomic E-state index is 0.0209. The second-order valence-electron chi connectivity index (χ2n) is 6.87. The zero-order valence-electron chi connectivity index (χ0n) is 14.9. The lowest BCUT2D eigenvalue weighted by Crippen LogP contribution is -2.52. The minimum atomic E-state index is -0.976. The molecule has 1 aromatic heterocycles. The van der Waals surface area contributed by atoms with E-state index in [1.54, 1.807) is 16.2 Å². The first-order valence-electron chi connectivity index (χ1n) is 8.89. The molecule has 1 aliphatic rings. The number of aromatic nitrogens is 1. The van der Waals surface area contributed by atoms with Gasteiger partial charge in [0.15, 0.2) is 0 Å². The maximum absolute atomic E-state index is 12.6. The zero-order chi connectivity index (χ0) is 18.6. The van der Waals surface area contributed by atoms with Crippen LogP contribution in [0.15, 0.2) is 24.3 Å². The highest BCUT2D eigenvalue weighted by atomic mass is 32.1. The molecule has 1 unspecified atom stereocenters. The maximum atomic E-state index is 12.6. The van der Waals surface area contributed by atoms with E-state index in [1.807, 2.05) is 18.2 Å². The second-order valence-corrected chi connectivity index (χ2v) is 7.98. The summed E-state index contributed by atoms with van der Waals surface area (Å²) < 4.78 is 6.28. The first kappa shape index (κ1) is 18.8. The molecule has 2 aromatic rings. The third-order valence-corrected chi connectivity index (χ3v) is 6.02. The van der Waals surface area contributed by atoms with Gasteiger partial charge in [-0.3, -0.25) is 9.59 Å². The number of amides is 1. The Hall–Kier alpha value is -1.99. The van der Waals surface area contributed by atoms with Crippen molar-refractivity contribution >= 4 is 33.4 Å². The molecule has 6 nitrogen and oxygen atoms in total. The number of aliphatic carboxylic acids is 1. The average molecular weight is 376 g/mol. The number of piperidine rings is 1. The van der Waals surface area contributed by atoms with Gasteiger partial charge in [-0.25, -0.2) is 4.98 Å². The van der Waals surface area contributed by atoms with Gasteiger partial charge in [-0.2, -0.15) is 0 Å². The van der Waals surface area contributed by atoms with Crippen molar-refractivity contribution in [3.05, 3.63) is 29.3 Å². The predicted octanol–water partition coefficient (Wildman–Crippen LogP) is 2.96. The Kier molecular flexibility index (Phi) is 5.88. The third kappa shape index (κ3) is 4.04. The van der Waals surface area contributed by atoms with E-state index >= 15 is 0 Å². The van der Waals surface area contributed by atoms with Crippen molar-refractivity contribution in [3.8, 4) is 0 Å². The average Bonchev–Trinajstić information content (AvgIpc) is 3.04. The number of hydrogen-bond donors (Lipinski definition) is 1. The first-order chi connectivity index (χ1) is 12.5. The van der Waals surface area contributed by atoms with Gasteiger partial charge in [-0.1, -0.05) is 12.1 Å². The molecule has 7 heteroatoms. The van der Waals surface area contributed by atoms with Crippen LogP contribution in [-0.4, -0.2) is 53.7 Å². The van der Waals surface area contributed by atoms with Crippen molar-refractivity contribution in [2.45, 2.75) is 32.1 Å². The van der Waals surface area contributed by atoms with E-state index in [0.717, 1.165) is 28.1 Å². The van der Waals surface area contributed by atoms with Crippen LogP contribution in [-0.2, 0) is 20.7 Å². The minimum Gasteiger partial charge on any atom is -0.481 e. The van der Waals surface area contributed by atoms with E-state index in [2.05, 4.69) is 11.1 Å². The number of methoxy groups -OCH3 is 1. The molecular weight excluding hydrogens is 352 g/mol. The van der Waals surface area contributed by atoms with E-state index < -0.39 is 11.4 Å². The summed E-state index contributed by atoms with van der Waals surface area (Å²) in [6, 6.07) is 8.02. The van der Waals surface area contributed by atoms with E-state index in [0.29, 0.717) is 25.8 Å². The number of ether oxygens (including phenoxy) is 1. The van der Waals surface area contributed by atoms with Crippen LogP contribution in [0.5, 0.6) is 0 Å². The normalized spacial score (nSPS) is 20.4. The fourth-order valence-electron chi connectivity index (χ4n) is 3.55. The number of rotatable bonds is 7. The van der Waals surface area contributed by atoms with Gasteiger partial charge in [-0.05, 0) is 37.8 Å². The van der Waals surface area contributed by atoms with Crippen LogP contribution < -0.4 is 0 Å². The SMILES string of the molecule is COCC1(C(=O)O)CCCN(C(=O)CCCc2nc3ccccc3s2)C1. The van der Waals surface area contributed by atoms with Crippen LogP contribution in [0.2, 0.25) is 0 Å². The lowest BCUT2D eigenvalue weighted by Gasteiger charge is -2.39. The van der Waals surface area contributed by atoms with Crippen molar-refractivity contribution in [2.75, 3.05) is 26.8 Å². The number of hydrogen-bond acceptors (Lipinski definition) is 5. The summed E-state index contributed by atoms with van der Waals surface area (Å²) in [5.41, 5.74) is 0.0241. The Labute approximate surface area is 156 Å².